The summed E-state index contributed by atoms with van der Waals surface area (Å²) in [6.45, 7) is 1.72. The van der Waals surface area contributed by atoms with Gasteiger partial charge in [-0.05, 0) is 18.2 Å². The van der Waals surface area contributed by atoms with Gasteiger partial charge in [0, 0.05) is 31.9 Å². The van der Waals surface area contributed by atoms with E-state index in [1.54, 1.807) is 6.07 Å². The number of halogens is 1. The Morgan fingerprint density at radius 3 is 2.40 bits per heavy atom. The van der Waals surface area contributed by atoms with E-state index >= 15 is 0 Å². The predicted octanol–water partition coefficient (Wildman–Crippen LogP) is 1.41. The fourth-order valence-electron chi connectivity index (χ4n) is 2.13. The van der Waals surface area contributed by atoms with Gasteiger partial charge in [-0.2, -0.15) is 0 Å². The van der Waals surface area contributed by atoms with Crippen molar-refractivity contribution in [1.29, 1.82) is 0 Å². The maximum atomic E-state index is 13.8. The first kappa shape index (κ1) is 14.1. The highest BCUT2D eigenvalue weighted by Crippen LogP contribution is 2.20. The van der Waals surface area contributed by atoms with Crippen molar-refractivity contribution in [3.05, 3.63) is 29.6 Å². The zero-order valence-electron chi connectivity index (χ0n) is 11.0. The van der Waals surface area contributed by atoms with Crippen molar-refractivity contribution in [2.75, 3.05) is 38.2 Å². The predicted molar refractivity (Wildman–Crippen MR) is 69.6 cm³/mol. The van der Waals surface area contributed by atoms with Gasteiger partial charge >= 0.3 is 12.1 Å². The van der Waals surface area contributed by atoms with Crippen LogP contribution in [0.5, 0.6) is 0 Å². The standard InChI is InChI=1S/C13H15FN2O4/c1-20-12(17)10-3-2-9(8-11(10)14)15-4-6-16(7-5-15)13(18)19/h2-3,8H,4-7H2,1H3,(H,18,19). The zero-order valence-corrected chi connectivity index (χ0v) is 11.0. The summed E-state index contributed by atoms with van der Waals surface area (Å²) in [5, 5.41) is 8.86. The van der Waals surface area contributed by atoms with E-state index in [0.717, 1.165) is 0 Å². The minimum absolute atomic E-state index is 0.111. The van der Waals surface area contributed by atoms with Crippen LogP contribution in [0.15, 0.2) is 18.2 Å². The van der Waals surface area contributed by atoms with Crippen molar-refractivity contribution < 1.29 is 23.8 Å². The van der Waals surface area contributed by atoms with Crippen LogP contribution in [0.25, 0.3) is 0 Å². The Morgan fingerprint density at radius 1 is 1.25 bits per heavy atom. The maximum absolute atomic E-state index is 13.8. The van der Waals surface area contributed by atoms with Gasteiger partial charge in [-0.1, -0.05) is 0 Å². The molecule has 1 N–H and O–H groups in total. The molecule has 1 saturated heterocycles. The van der Waals surface area contributed by atoms with Gasteiger partial charge in [0.05, 0.1) is 12.7 Å². The number of carbonyl (C=O) groups excluding carboxylic acids is 1. The molecular formula is C13H15FN2O4. The lowest BCUT2D eigenvalue weighted by molar-refractivity contribution is 0.0595. The van der Waals surface area contributed by atoms with E-state index in [-0.39, 0.29) is 5.56 Å². The smallest absolute Gasteiger partial charge is 0.407 e. The second-order valence-corrected chi connectivity index (χ2v) is 4.41. The van der Waals surface area contributed by atoms with Gasteiger partial charge in [-0.3, -0.25) is 0 Å². The van der Waals surface area contributed by atoms with Crippen molar-refractivity contribution in [1.82, 2.24) is 4.90 Å². The average molecular weight is 282 g/mol. The molecule has 0 unspecified atom stereocenters. The highest BCUT2D eigenvalue weighted by atomic mass is 19.1. The van der Waals surface area contributed by atoms with Crippen LogP contribution in [0.3, 0.4) is 0 Å². The average Bonchev–Trinajstić information content (AvgIpc) is 2.46. The minimum atomic E-state index is -0.947. The Hall–Kier alpha value is -2.31. The molecule has 0 aliphatic carbocycles. The third-order valence-electron chi connectivity index (χ3n) is 3.27. The normalized spacial score (nSPS) is 15.1. The van der Waals surface area contributed by atoms with Gasteiger partial charge in [-0.15, -0.1) is 0 Å². The molecule has 1 aromatic carbocycles. The van der Waals surface area contributed by atoms with E-state index < -0.39 is 17.9 Å². The summed E-state index contributed by atoms with van der Waals surface area (Å²) >= 11 is 0. The fraction of sp³-hybridized carbons (Fsp3) is 0.385. The second kappa shape index (κ2) is 5.77. The molecule has 1 fully saturated rings. The molecule has 0 spiro atoms. The number of hydrogen-bond acceptors (Lipinski definition) is 4. The molecule has 2 rings (SSSR count). The van der Waals surface area contributed by atoms with Crippen LogP contribution in [0, 0.1) is 5.82 Å². The third kappa shape index (κ3) is 2.81. The molecule has 20 heavy (non-hydrogen) atoms. The van der Waals surface area contributed by atoms with Gasteiger partial charge in [0.2, 0.25) is 0 Å². The van der Waals surface area contributed by atoms with E-state index in [4.69, 9.17) is 5.11 Å². The quantitative estimate of drug-likeness (QED) is 0.831. The van der Waals surface area contributed by atoms with Crippen LogP contribution < -0.4 is 4.90 Å². The van der Waals surface area contributed by atoms with Crippen LogP contribution in [0.1, 0.15) is 10.4 Å². The first-order chi connectivity index (χ1) is 9.52. The molecule has 0 saturated carbocycles. The fourth-order valence-corrected chi connectivity index (χ4v) is 2.13. The number of anilines is 1. The van der Waals surface area contributed by atoms with Gasteiger partial charge in [0.15, 0.2) is 0 Å². The monoisotopic (exact) mass is 282 g/mol. The molecule has 1 aliphatic rings. The largest absolute Gasteiger partial charge is 0.465 e. The van der Waals surface area contributed by atoms with Crippen molar-refractivity contribution in [3.63, 3.8) is 0 Å². The molecule has 1 heterocycles. The summed E-state index contributed by atoms with van der Waals surface area (Å²) in [5.74, 6) is -1.36. The van der Waals surface area contributed by atoms with E-state index in [0.29, 0.717) is 31.9 Å². The molecule has 108 valence electrons. The molecule has 6 nitrogen and oxygen atoms in total. The van der Waals surface area contributed by atoms with Crippen LogP contribution in [0.4, 0.5) is 14.9 Å². The zero-order chi connectivity index (χ0) is 14.7. The van der Waals surface area contributed by atoms with Gasteiger partial charge < -0.3 is 19.6 Å². The Morgan fingerprint density at radius 2 is 1.90 bits per heavy atom. The van der Waals surface area contributed by atoms with Crippen LogP contribution in [0.2, 0.25) is 0 Å². The number of ether oxygens (including phenoxy) is 1. The Balaban J connectivity index is 2.09. The van der Waals surface area contributed by atoms with Crippen LogP contribution in [-0.2, 0) is 4.74 Å². The Labute approximate surface area is 115 Å². The number of hydrogen-bond donors (Lipinski definition) is 1. The lowest BCUT2D eigenvalue weighted by Crippen LogP contribution is -2.48. The summed E-state index contributed by atoms with van der Waals surface area (Å²) in [4.78, 5) is 25.3. The number of amides is 1. The SMILES string of the molecule is COC(=O)c1ccc(N2CCN(C(=O)O)CC2)cc1F. The summed E-state index contributed by atoms with van der Waals surface area (Å²) in [6.07, 6.45) is -0.947. The number of methoxy groups -OCH3 is 1. The molecule has 1 aromatic rings. The number of nitrogens with zero attached hydrogens (tertiary/aromatic N) is 2. The van der Waals surface area contributed by atoms with Crippen LogP contribution in [-0.4, -0.2) is 55.4 Å². The van der Waals surface area contributed by atoms with E-state index in [9.17, 15) is 14.0 Å². The number of carbonyl (C=O) groups is 2. The lowest BCUT2D eigenvalue weighted by atomic mass is 10.1. The molecule has 0 bridgehead atoms. The van der Waals surface area contributed by atoms with Crippen molar-refractivity contribution in [2.45, 2.75) is 0 Å². The highest BCUT2D eigenvalue weighted by Gasteiger charge is 2.21. The number of esters is 1. The summed E-state index contributed by atoms with van der Waals surface area (Å²) in [7, 11) is 1.20. The van der Waals surface area contributed by atoms with Crippen molar-refractivity contribution >= 4 is 17.7 Å². The minimum Gasteiger partial charge on any atom is -0.465 e. The molecular weight excluding hydrogens is 267 g/mol. The second-order valence-electron chi connectivity index (χ2n) is 4.41. The molecule has 0 atom stereocenters. The van der Waals surface area contributed by atoms with E-state index in [2.05, 4.69) is 4.74 Å². The van der Waals surface area contributed by atoms with Crippen molar-refractivity contribution in [3.8, 4) is 0 Å². The lowest BCUT2D eigenvalue weighted by Gasteiger charge is -2.34. The Kier molecular flexibility index (Phi) is 4.07. The van der Waals surface area contributed by atoms with E-state index in [1.165, 1.54) is 24.1 Å². The maximum Gasteiger partial charge on any atom is 0.407 e. The molecule has 0 aromatic heterocycles. The number of piperazine rings is 1. The summed E-state index contributed by atoms with van der Waals surface area (Å²) in [6, 6.07) is 4.27. The Bertz CT molecular complexity index is 527. The van der Waals surface area contributed by atoms with E-state index in [1.807, 2.05) is 4.90 Å². The summed E-state index contributed by atoms with van der Waals surface area (Å²) in [5.41, 5.74) is 0.514. The summed E-state index contributed by atoms with van der Waals surface area (Å²) < 4.78 is 18.3. The van der Waals surface area contributed by atoms with Gasteiger partial charge in [0.25, 0.3) is 0 Å². The molecule has 1 aliphatic heterocycles. The van der Waals surface area contributed by atoms with Gasteiger partial charge in [0.1, 0.15) is 5.82 Å². The topological polar surface area (TPSA) is 70.1 Å². The number of rotatable bonds is 2. The highest BCUT2D eigenvalue weighted by molar-refractivity contribution is 5.90. The first-order valence-corrected chi connectivity index (χ1v) is 6.13. The van der Waals surface area contributed by atoms with Crippen LogP contribution >= 0.6 is 0 Å². The molecule has 7 heteroatoms. The number of benzene rings is 1. The number of carboxylic acid groups (broad SMARTS) is 1. The van der Waals surface area contributed by atoms with Crippen molar-refractivity contribution in [2.24, 2.45) is 0 Å². The third-order valence-corrected chi connectivity index (χ3v) is 3.27. The van der Waals surface area contributed by atoms with Gasteiger partial charge in [-0.25, -0.2) is 14.0 Å². The molecule has 1 amide bonds. The first-order valence-electron chi connectivity index (χ1n) is 6.13. The molecule has 0 radical (unpaired) electrons.